The van der Waals surface area contributed by atoms with E-state index < -0.39 is 23.1 Å². The molecule has 2 aliphatic rings. The number of piperidine rings is 1. The SMILES string of the molecule is CC(C)(C)OC(=O)N1CCC(N(Cc2csc(C(=O)O)c2)C(=O)OCC2c3ccccc3-c3ccccc32)C(C)(C)C1. The molecule has 1 fully saturated rings. The van der Waals surface area contributed by atoms with E-state index >= 15 is 0 Å². The molecule has 2 heterocycles. The number of carbonyl (C=O) groups excluding carboxylic acids is 2. The third-order valence-electron chi connectivity index (χ3n) is 7.99. The van der Waals surface area contributed by atoms with Crippen molar-refractivity contribution in [2.45, 2.75) is 65.1 Å². The molecule has 1 saturated heterocycles. The number of carboxylic acids is 1. The van der Waals surface area contributed by atoms with Gasteiger partial charge in [0.1, 0.15) is 17.1 Å². The predicted molar refractivity (Wildman–Crippen MR) is 162 cm³/mol. The van der Waals surface area contributed by atoms with Crippen molar-refractivity contribution in [1.82, 2.24) is 9.80 Å². The van der Waals surface area contributed by atoms with E-state index in [1.54, 1.807) is 21.2 Å². The lowest BCUT2D eigenvalue weighted by molar-refractivity contribution is -0.0216. The molecule has 2 aromatic carbocycles. The topological polar surface area (TPSA) is 96.4 Å². The third kappa shape index (κ3) is 6.16. The Morgan fingerprint density at radius 1 is 1.05 bits per heavy atom. The van der Waals surface area contributed by atoms with E-state index in [2.05, 4.69) is 24.3 Å². The predicted octanol–water partition coefficient (Wildman–Crippen LogP) is 7.23. The maximum atomic E-state index is 13.9. The molecule has 9 heteroatoms. The van der Waals surface area contributed by atoms with Gasteiger partial charge in [-0.1, -0.05) is 62.4 Å². The molecule has 0 radical (unpaired) electrons. The van der Waals surface area contributed by atoms with E-state index in [4.69, 9.17) is 9.47 Å². The number of hydrogen-bond acceptors (Lipinski definition) is 6. The Labute approximate surface area is 250 Å². The van der Waals surface area contributed by atoms with Gasteiger partial charge in [-0.15, -0.1) is 11.3 Å². The first-order valence-corrected chi connectivity index (χ1v) is 15.1. The number of amides is 2. The molecule has 42 heavy (non-hydrogen) atoms. The molecule has 8 nitrogen and oxygen atoms in total. The van der Waals surface area contributed by atoms with Gasteiger partial charge in [-0.25, -0.2) is 14.4 Å². The molecule has 0 saturated carbocycles. The summed E-state index contributed by atoms with van der Waals surface area (Å²) in [4.78, 5) is 42.0. The summed E-state index contributed by atoms with van der Waals surface area (Å²) in [5.41, 5.74) is 4.22. The number of fused-ring (bicyclic) bond motifs is 3. The second-order valence-electron chi connectivity index (χ2n) is 12.8. The number of aromatic carboxylic acids is 1. The summed E-state index contributed by atoms with van der Waals surface area (Å²) >= 11 is 1.14. The molecule has 222 valence electrons. The van der Waals surface area contributed by atoms with E-state index in [1.807, 2.05) is 58.9 Å². The number of thiophene rings is 1. The van der Waals surface area contributed by atoms with Crippen LogP contribution in [0.4, 0.5) is 9.59 Å². The molecule has 1 N–H and O–H groups in total. The Morgan fingerprint density at radius 3 is 2.21 bits per heavy atom. The maximum absolute atomic E-state index is 13.9. The Hall–Kier alpha value is -3.85. The Bertz CT molecular complexity index is 1440. The van der Waals surface area contributed by atoms with E-state index in [9.17, 15) is 19.5 Å². The molecule has 0 spiro atoms. The number of rotatable bonds is 6. The average molecular weight is 591 g/mol. The fourth-order valence-corrected chi connectivity index (χ4v) is 6.89. The molecule has 0 bridgehead atoms. The van der Waals surface area contributed by atoms with Crippen molar-refractivity contribution >= 4 is 29.5 Å². The molecule has 3 aromatic rings. The number of carboxylic acid groups (broad SMARTS) is 1. The van der Waals surface area contributed by atoms with E-state index in [1.165, 1.54) is 0 Å². The minimum Gasteiger partial charge on any atom is -0.477 e. The van der Waals surface area contributed by atoms with Crippen LogP contribution >= 0.6 is 11.3 Å². The number of benzene rings is 2. The smallest absolute Gasteiger partial charge is 0.410 e. The minimum absolute atomic E-state index is 0.0787. The van der Waals surface area contributed by atoms with Gasteiger partial charge < -0.3 is 24.4 Å². The molecule has 1 unspecified atom stereocenters. The van der Waals surface area contributed by atoms with Crippen LogP contribution in [0.1, 0.15) is 73.3 Å². The maximum Gasteiger partial charge on any atom is 0.410 e. The zero-order chi connectivity index (χ0) is 30.2. The lowest BCUT2D eigenvalue weighted by Crippen LogP contribution is -2.58. The van der Waals surface area contributed by atoms with Gasteiger partial charge in [-0.05, 0) is 66.5 Å². The van der Waals surface area contributed by atoms with Crippen molar-refractivity contribution in [2.24, 2.45) is 5.41 Å². The zero-order valence-corrected chi connectivity index (χ0v) is 25.6. The Balaban J connectivity index is 1.38. The van der Waals surface area contributed by atoms with E-state index in [0.717, 1.165) is 39.2 Å². The van der Waals surface area contributed by atoms with Crippen LogP contribution in [0.25, 0.3) is 11.1 Å². The Kier molecular flexibility index (Phi) is 8.07. The fraction of sp³-hybridized carbons (Fsp3) is 0.424. The monoisotopic (exact) mass is 590 g/mol. The van der Waals surface area contributed by atoms with E-state index in [0.29, 0.717) is 19.5 Å². The average Bonchev–Trinajstić information content (AvgIpc) is 3.52. The molecule has 1 atom stereocenters. The highest BCUT2D eigenvalue weighted by atomic mass is 32.1. The standard InChI is InChI=1S/C33H38N2O6S/c1-32(2,3)41-30(38)34-15-14-28(33(4,5)20-34)35(17-21-16-27(29(36)37)42-19-21)31(39)40-18-26-24-12-8-6-10-22(24)23-11-7-9-13-25(23)26/h6-13,16,19,26,28H,14-15,17-18,20H2,1-5H3,(H,36,37). The number of hydrogen-bond donors (Lipinski definition) is 1. The molecule has 1 aromatic heterocycles. The molecule has 2 amide bonds. The third-order valence-corrected chi connectivity index (χ3v) is 8.96. The zero-order valence-electron chi connectivity index (χ0n) is 24.8. The summed E-state index contributed by atoms with van der Waals surface area (Å²) in [6.45, 7) is 10.8. The number of likely N-dealkylation sites (tertiary alicyclic amines) is 1. The minimum atomic E-state index is -0.995. The first-order valence-electron chi connectivity index (χ1n) is 14.2. The van der Waals surface area contributed by atoms with Crippen LogP contribution < -0.4 is 0 Å². The molecule has 5 rings (SSSR count). The summed E-state index contributed by atoms with van der Waals surface area (Å²) < 4.78 is 11.7. The normalized spacial score (nSPS) is 17.7. The first-order chi connectivity index (χ1) is 19.8. The van der Waals surface area contributed by atoms with Crippen LogP contribution in [0.3, 0.4) is 0 Å². The Morgan fingerprint density at radius 2 is 1.67 bits per heavy atom. The van der Waals surface area contributed by atoms with Crippen LogP contribution in [-0.2, 0) is 16.0 Å². The van der Waals surface area contributed by atoms with Gasteiger partial charge in [0.2, 0.25) is 0 Å². The van der Waals surface area contributed by atoms with Gasteiger partial charge >= 0.3 is 18.2 Å². The second kappa shape index (κ2) is 11.4. The lowest BCUT2D eigenvalue weighted by Gasteiger charge is -2.48. The highest BCUT2D eigenvalue weighted by Crippen LogP contribution is 2.45. The molecule has 1 aliphatic heterocycles. The van der Waals surface area contributed by atoms with Crippen molar-refractivity contribution in [2.75, 3.05) is 19.7 Å². The van der Waals surface area contributed by atoms with Crippen LogP contribution in [0.5, 0.6) is 0 Å². The van der Waals surface area contributed by atoms with Crippen molar-refractivity contribution in [3.8, 4) is 11.1 Å². The second-order valence-corrected chi connectivity index (χ2v) is 13.7. The molecular formula is C33H38N2O6S. The number of nitrogens with zero attached hydrogens (tertiary/aromatic N) is 2. The van der Waals surface area contributed by atoms with Gasteiger partial charge in [0.25, 0.3) is 0 Å². The van der Waals surface area contributed by atoms with Crippen molar-refractivity contribution in [1.29, 1.82) is 0 Å². The molecular weight excluding hydrogens is 552 g/mol. The highest BCUT2D eigenvalue weighted by molar-refractivity contribution is 7.12. The summed E-state index contributed by atoms with van der Waals surface area (Å²) in [5.74, 6) is -1.07. The quantitative estimate of drug-likeness (QED) is 0.325. The van der Waals surface area contributed by atoms with Crippen molar-refractivity contribution in [3.63, 3.8) is 0 Å². The van der Waals surface area contributed by atoms with Gasteiger partial charge in [0.15, 0.2) is 0 Å². The van der Waals surface area contributed by atoms with Crippen molar-refractivity contribution in [3.05, 3.63) is 81.5 Å². The van der Waals surface area contributed by atoms with Gasteiger partial charge in [-0.3, -0.25) is 0 Å². The highest BCUT2D eigenvalue weighted by Gasteiger charge is 2.44. The van der Waals surface area contributed by atoms with Crippen LogP contribution in [0.15, 0.2) is 60.0 Å². The van der Waals surface area contributed by atoms with Crippen LogP contribution in [0.2, 0.25) is 0 Å². The van der Waals surface area contributed by atoms with Crippen molar-refractivity contribution < 1.29 is 29.0 Å². The van der Waals surface area contributed by atoms with Crippen LogP contribution in [-0.4, -0.2) is 64.4 Å². The summed E-state index contributed by atoms with van der Waals surface area (Å²) in [5, 5.41) is 11.2. The fourth-order valence-electron chi connectivity index (χ4n) is 6.15. The lowest BCUT2D eigenvalue weighted by atomic mass is 9.78. The molecule has 1 aliphatic carbocycles. The van der Waals surface area contributed by atoms with E-state index in [-0.39, 0.29) is 36.1 Å². The first kappa shape index (κ1) is 29.6. The summed E-state index contributed by atoms with van der Waals surface area (Å²) in [6, 6.07) is 17.8. The number of ether oxygens (including phenoxy) is 2. The largest absolute Gasteiger partial charge is 0.477 e. The van der Waals surface area contributed by atoms with Gasteiger partial charge in [0.05, 0.1) is 6.54 Å². The number of carbonyl (C=O) groups is 3. The van der Waals surface area contributed by atoms with Crippen LogP contribution in [0, 0.1) is 5.41 Å². The summed E-state index contributed by atoms with van der Waals surface area (Å²) in [7, 11) is 0. The van der Waals surface area contributed by atoms with Gasteiger partial charge in [0, 0.05) is 30.5 Å². The van der Waals surface area contributed by atoms with Gasteiger partial charge in [-0.2, -0.15) is 0 Å². The summed E-state index contributed by atoms with van der Waals surface area (Å²) in [6.07, 6.45) is -0.291.